The second-order valence-corrected chi connectivity index (χ2v) is 9.49. The van der Waals surface area contributed by atoms with E-state index in [1.165, 1.54) is 48.4 Å². The molecule has 2 aromatic carbocycles. The van der Waals surface area contributed by atoms with Crippen molar-refractivity contribution in [2.24, 2.45) is 7.05 Å². The molecule has 0 unspecified atom stereocenters. The lowest BCUT2D eigenvalue weighted by Gasteiger charge is -2.09. The summed E-state index contributed by atoms with van der Waals surface area (Å²) in [7, 11) is -1.84. The highest BCUT2D eigenvalue weighted by molar-refractivity contribution is 7.99. The smallest absolute Gasteiger partial charge is 0.261 e. The van der Waals surface area contributed by atoms with Gasteiger partial charge in [-0.05, 0) is 60.7 Å². The van der Waals surface area contributed by atoms with Gasteiger partial charge in [0, 0.05) is 48.0 Å². The number of sulfonamides is 1. The fraction of sp³-hybridized carbons (Fsp3) is 0.0455. The highest BCUT2D eigenvalue weighted by Gasteiger charge is 2.15. The minimum atomic E-state index is -3.76. The van der Waals surface area contributed by atoms with Gasteiger partial charge in [-0.1, -0.05) is 11.8 Å². The van der Waals surface area contributed by atoms with Crippen LogP contribution in [0.3, 0.4) is 0 Å². The van der Waals surface area contributed by atoms with Gasteiger partial charge < -0.3 is 9.88 Å². The molecule has 0 radical (unpaired) electrons. The van der Waals surface area contributed by atoms with Crippen molar-refractivity contribution < 1.29 is 13.2 Å². The first-order valence-electron chi connectivity index (χ1n) is 9.50. The molecule has 10 heteroatoms. The van der Waals surface area contributed by atoms with E-state index in [1.807, 2.05) is 29.9 Å². The topological polar surface area (TPSA) is 106 Å². The molecule has 4 rings (SSSR count). The zero-order valence-corrected chi connectivity index (χ0v) is 18.6. The number of amides is 1. The van der Waals surface area contributed by atoms with Crippen LogP contribution in [0.1, 0.15) is 10.4 Å². The Balaban J connectivity index is 1.40. The Kier molecular flexibility index (Phi) is 6.24. The van der Waals surface area contributed by atoms with Crippen molar-refractivity contribution in [1.29, 1.82) is 0 Å². The van der Waals surface area contributed by atoms with Crippen LogP contribution in [-0.4, -0.2) is 28.9 Å². The number of nitrogens with zero attached hydrogens (tertiary/aromatic N) is 3. The van der Waals surface area contributed by atoms with Crippen LogP contribution >= 0.6 is 11.8 Å². The highest BCUT2D eigenvalue weighted by Crippen LogP contribution is 2.27. The van der Waals surface area contributed by atoms with Crippen molar-refractivity contribution in [3.63, 3.8) is 0 Å². The van der Waals surface area contributed by atoms with Gasteiger partial charge in [0.15, 0.2) is 5.16 Å². The third kappa shape index (κ3) is 5.16. The Bertz CT molecular complexity index is 1320. The molecule has 1 amide bonds. The van der Waals surface area contributed by atoms with Gasteiger partial charge in [-0.3, -0.25) is 14.5 Å². The summed E-state index contributed by atoms with van der Waals surface area (Å²) in [4.78, 5) is 21.7. The largest absolute Gasteiger partial charge is 0.329 e. The lowest BCUT2D eigenvalue weighted by atomic mass is 10.2. The second kappa shape index (κ2) is 9.25. The quantitative estimate of drug-likeness (QED) is 0.427. The van der Waals surface area contributed by atoms with Gasteiger partial charge in [0.25, 0.3) is 15.9 Å². The summed E-state index contributed by atoms with van der Waals surface area (Å²) in [5.41, 5.74) is 1.39. The fourth-order valence-electron chi connectivity index (χ4n) is 2.78. The molecule has 162 valence electrons. The molecule has 0 atom stereocenters. The zero-order valence-electron chi connectivity index (χ0n) is 17.0. The van der Waals surface area contributed by atoms with Crippen LogP contribution in [-0.2, 0) is 17.1 Å². The first kappa shape index (κ1) is 21.6. The average Bonchev–Trinajstić information content (AvgIpc) is 3.20. The van der Waals surface area contributed by atoms with Crippen LogP contribution in [0, 0.1) is 0 Å². The summed E-state index contributed by atoms with van der Waals surface area (Å²) in [6, 6.07) is 16.3. The minimum Gasteiger partial charge on any atom is -0.329 e. The Hall–Kier alpha value is -3.63. The van der Waals surface area contributed by atoms with Gasteiger partial charge in [0.05, 0.1) is 10.6 Å². The molecular formula is C22H19N5O3S2. The lowest BCUT2D eigenvalue weighted by Crippen LogP contribution is -2.14. The van der Waals surface area contributed by atoms with E-state index in [0.717, 1.165) is 10.1 Å². The molecular weight excluding hydrogens is 446 g/mol. The molecule has 0 aliphatic rings. The van der Waals surface area contributed by atoms with Crippen LogP contribution in [0.4, 0.5) is 11.4 Å². The van der Waals surface area contributed by atoms with E-state index in [1.54, 1.807) is 30.5 Å². The number of aromatic nitrogens is 3. The van der Waals surface area contributed by atoms with E-state index in [-0.39, 0.29) is 10.8 Å². The van der Waals surface area contributed by atoms with Crippen LogP contribution in [0.5, 0.6) is 0 Å². The fourth-order valence-corrected chi connectivity index (χ4v) is 4.64. The van der Waals surface area contributed by atoms with Crippen LogP contribution in [0.2, 0.25) is 0 Å². The first-order chi connectivity index (χ1) is 15.4. The van der Waals surface area contributed by atoms with Gasteiger partial charge in [-0.15, -0.1) is 0 Å². The van der Waals surface area contributed by atoms with E-state index >= 15 is 0 Å². The summed E-state index contributed by atoms with van der Waals surface area (Å²) < 4.78 is 29.4. The number of hydrogen-bond donors (Lipinski definition) is 2. The SMILES string of the molecule is Cn1ccnc1Sc1ccc(NC(=O)c2ccc(S(=O)(=O)Nc3ccncc3)cc2)cc1. The molecule has 0 spiro atoms. The highest BCUT2D eigenvalue weighted by atomic mass is 32.2. The Morgan fingerprint density at radius 3 is 2.22 bits per heavy atom. The van der Waals surface area contributed by atoms with E-state index in [4.69, 9.17) is 0 Å². The summed E-state index contributed by atoms with van der Waals surface area (Å²) >= 11 is 1.52. The summed E-state index contributed by atoms with van der Waals surface area (Å²) in [5.74, 6) is -0.333. The van der Waals surface area contributed by atoms with Crippen molar-refractivity contribution in [3.8, 4) is 0 Å². The van der Waals surface area contributed by atoms with Gasteiger partial charge in [-0.2, -0.15) is 0 Å². The minimum absolute atomic E-state index is 0.0570. The zero-order chi connectivity index (χ0) is 22.6. The van der Waals surface area contributed by atoms with Gasteiger partial charge in [0.2, 0.25) is 0 Å². The average molecular weight is 466 g/mol. The van der Waals surface area contributed by atoms with Gasteiger partial charge >= 0.3 is 0 Å². The molecule has 0 fully saturated rings. The number of hydrogen-bond acceptors (Lipinski definition) is 6. The maximum Gasteiger partial charge on any atom is 0.261 e. The van der Waals surface area contributed by atoms with E-state index in [0.29, 0.717) is 16.9 Å². The van der Waals surface area contributed by atoms with Crippen LogP contribution in [0.25, 0.3) is 0 Å². The maximum absolute atomic E-state index is 12.6. The molecule has 2 heterocycles. The van der Waals surface area contributed by atoms with E-state index < -0.39 is 10.0 Å². The molecule has 8 nitrogen and oxygen atoms in total. The van der Waals surface area contributed by atoms with E-state index in [2.05, 4.69) is 20.0 Å². The molecule has 0 saturated heterocycles. The van der Waals surface area contributed by atoms with Gasteiger partial charge in [0.1, 0.15) is 0 Å². The number of pyridine rings is 1. The van der Waals surface area contributed by atoms with Crippen molar-refractivity contribution in [3.05, 3.63) is 91.0 Å². The Morgan fingerprint density at radius 2 is 1.59 bits per heavy atom. The molecule has 4 aromatic rings. The molecule has 0 saturated carbocycles. The van der Waals surface area contributed by atoms with Crippen molar-refractivity contribution in [1.82, 2.24) is 14.5 Å². The predicted molar refractivity (Wildman–Crippen MR) is 123 cm³/mol. The number of carbonyl (C=O) groups excluding carboxylic acids is 1. The number of rotatable bonds is 7. The first-order valence-corrected chi connectivity index (χ1v) is 11.8. The molecule has 0 aliphatic heterocycles. The Morgan fingerprint density at radius 1 is 0.906 bits per heavy atom. The monoisotopic (exact) mass is 465 g/mol. The van der Waals surface area contributed by atoms with Crippen LogP contribution < -0.4 is 10.0 Å². The summed E-state index contributed by atoms with van der Waals surface area (Å²) in [6.07, 6.45) is 6.61. The van der Waals surface area contributed by atoms with Crippen molar-refractivity contribution in [2.45, 2.75) is 14.9 Å². The third-order valence-electron chi connectivity index (χ3n) is 4.46. The van der Waals surface area contributed by atoms with Gasteiger partial charge in [-0.25, -0.2) is 13.4 Å². The molecule has 0 aliphatic carbocycles. The predicted octanol–water partition coefficient (Wildman–Crippen LogP) is 4.02. The number of anilines is 2. The second-order valence-electron chi connectivity index (χ2n) is 6.77. The molecule has 32 heavy (non-hydrogen) atoms. The van der Waals surface area contributed by atoms with Crippen LogP contribution in [0.15, 0.2) is 100 Å². The van der Waals surface area contributed by atoms with E-state index in [9.17, 15) is 13.2 Å². The number of aryl methyl sites for hydroxylation is 1. The lowest BCUT2D eigenvalue weighted by molar-refractivity contribution is 0.102. The number of nitrogens with one attached hydrogen (secondary N) is 2. The maximum atomic E-state index is 12.6. The third-order valence-corrected chi connectivity index (χ3v) is 6.94. The summed E-state index contributed by atoms with van der Waals surface area (Å²) in [5, 5.41) is 3.68. The number of imidazole rings is 1. The molecule has 2 N–H and O–H groups in total. The number of carbonyl (C=O) groups is 1. The summed E-state index contributed by atoms with van der Waals surface area (Å²) in [6.45, 7) is 0. The molecule has 2 aromatic heterocycles. The Labute approximate surface area is 189 Å². The number of benzene rings is 2. The molecule has 0 bridgehead atoms. The standard InChI is InChI=1S/C22H19N5O3S2/c1-27-15-14-24-22(27)31-19-6-4-17(5-7-19)25-21(28)16-2-8-20(9-3-16)32(29,30)26-18-10-12-23-13-11-18/h2-15H,1H3,(H,23,26)(H,25,28). The van der Waals surface area contributed by atoms with Crippen molar-refractivity contribution >= 4 is 39.1 Å². The normalized spacial score (nSPS) is 11.2. The van der Waals surface area contributed by atoms with Crippen molar-refractivity contribution in [2.75, 3.05) is 10.0 Å².